The molecule has 0 spiro atoms. The van der Waals surface area contributed by atoms with Crippen molar-refractivity contribution < 1.29 is 15.3 Å². The quantitative estimate of drug-likeness (QED) is 0.564. The van der Waals surface area contributed by atoms with E-state index >= 15 is 0 Å². The minimum absolute atomic E-state index is 0.0527. The number of hydrogen-bond acceptors (Lipinski definition) is 4. The van der Waals surface area contributed by atoms with Gasteiger partial charge in [-0.1, -0.05) is 6.07 Å². The fraction of sp³-hybridized carbons (Fsp3) is 0.333. The van der Waals surface area contributed by atoms with Crippen LogP contribution in [0.2, 0.25) is 0 Å². The summed E-state index contributed by atoms with van der Waals surface area (Å²) in [6.07, 6.45) is 1.89. The summed E-state index contributed by atoms with van der Waals surface area (Å²) in [4.78, 5) is 0. The Morgan fingerprint density at radius 1 is 0.909 bits per heavy atom. The summed E-state index contributed by atoms with van der Waals surface area (Å²) < 4.78 is 0. The van der Waals surface area contributed by atoms with Crippen molar-refractivity contribution in [3.05, 3.63) is 52.1 Å². The van der Waals surface area contributed by atoms with E-state index in [-0.39, 0.29) is 17.4 Å². The van der Waals surface area contributed by atoms with Gasteiger partial charge in [-0.3, -0.25) is 0 Å². The molecule has 0 bridgehead atoms. The van der Waals surface area contributed by atoms with Crippen LogP contribution in [-0.4, -0.2) is 21.4 Å². The zero-order valence-corrected chi connectivity index (χ0v) is 12.4. The van der Waals surface area contributed by atoms with Gasteiger partial charge in [0, 0.05) is 18.5 Å². The predicted molar refractivity (Wildman–Crippen MR) is 83.4 cm³/mol. The predicted octanol–water partition coefficient (Wildman–Crippen LogP) is 2.66. The third kappa shape index (κ3) is 1.87. The highest BCUT2D eigenvalue weighted by Gasteiger charge is 2.35. The van der Waals surface area contributed by atoms with Crippen molar-refractivity contribution in [3.63, 3.8) is 0 Å². The topological polar surface area (TPSA) is 72.7 Å². The second-order valence-electron chi connectivity index (χ2n) is 6.38. The van der Waals surface area contributed by atoms with Crippen molar-refractivity contribution in [3.8, 4) is 17.2 Å². The van der Waals surface area contributed by atoms with Crippen LogP contribution in [0.15, 0.2) is 24.3 Å². The van der Waals surface area contributed by atoms with Crippen LogP contribution in [-0.2, 0) is 13.0 Å². The smallest absolute Gasteiger partial charge is 0.157 e. The summed E-state index contributed by atoms with van der Waals surface area (Å²) >= 11 is 0. The molecule has 2 atom stereocenters. The molecule has 4 N–H and O–H groups in total. The minimum Gasteiger partial charge on any atom is -0.508 e. The van der Waals surface area contributed by atoms with E-state index in [1.807, 2.05) is 13.0 Å². The largest absolute Gasteiger partial charge is 0.508 e. The number of phenolic OH excluding ortho intramolecular Hbond substituents is 3. The average molecular weight is 297 g/mol. The van der Waals surface area contributed by atoms with Gasteiger partial charge in [-0.15, -0.1) is 0 Å². The van der Waals surface area contributed by atoms with E-state index in [1.165, 1.54) is 5.56 Å². The fourth-order valence-electron chi connectivity index (χ4n) is 3.89. The highest BCUT2D eigenvalue weighted by molar-refractivity contribution is 5.55. The van der Waals surface area contributed by atoms with Crippen LogP contribution >= 0.6 is 0 Å². The van der Waals surface area contributed by atoms with E-state index in [0.717, 1.165) is 41.6 Å². The van der Waals surface area contributed by atoms with Gasteiger partial charge in [0.25, 0.3) is 0 Å². The van der Waals surface area contributed by atoms with Gasteiger partial charge in [-0.2, -0.15) is 0 Å². The van der Waals surface area contributed by atoms with Gasteiger partial charge in [0.05, 0.1) is 0 Å². The van der Waals surface area contributed by atoms with Crippen molar-refractivity contribution in [2.45, 2.75) is 38.3 Å². The van der Waals surface area contributed by atoms with Crippen molar-refractivity contribution in [1.29, 1.82) is 0 Å². The van der Waals surface area contributed by atoms with Crippen LogP contribution in [0.4, 0.5) is 0 Å². The first-order valence-electron chi connectivity index (χ1n) is 7.65. The number of phenols is 3. The highest BCUT2D eigenvalue weighted by atomic mass is 16.3. The molecule has 0 saturated heterocycles. The molecule has 0 amide bonds. The fourth-order valence-corrected chi connectivity index (χ4v) is 3.89. The third-order valence-corrected chi connectivity index (χ3v) is 5.05. The molecule has 2 aliphatic rings. The zero-order valence-electron chi connectivity index (χ0n) is 12.4. The Kier molecular flexibility index (Phi) is 2.84. The van der Waals surface area contributed by atoms with Gasteiger partial charge < -0.3 is 20.6 Å². The lowest BCUT2D eigenvalue weighted by Gasteiger charge is -2.39. The molecule has 0 saturated carbocycles. The van der Waals surface area contributed by atoms with E-state index in [4.69, 9.17) is 0 Å². The standard InChI is InChI=1S/C18H19NO3/c1-9-4-12-11(6-15(9)20)8-19-14-3-2-10-5-16(21)17(22)7-13(10)18(12)14/h4-7,14,18-22H,2-3,8H2,1H3. The van der Waals surface area contributed by atoms with Crippen LogP contribution < -0.4 is 5.32 Å². The van der Waals surface area contributed by atoms with Crippen LogP contribution in [0.5, 0.6) is 17.2 Å². The van der Waals surface area contributed by atoms with Crippen LogP contribution in [0, 0.1) is 6.92 Å². The molecule has 4 rings (SSSR count). The summed E-state index contributed by atoms with van der Waals surface area (Å²) in [7, 11) is 0. The highest BCUT2D eigenvalue weighted by Crippen LogP contribution is 2.45. The molecule has 4 heteroatoms. The molecule has 22 heavy (non-hydrogen) atoms. The van der Waals surface area contributed by atoms with Gasteiger partial charge in [0.15, 0.2) is 11.5 Å². The second kappa shape index (κ2) is 4.65. The number of benzene rings is 2. The van der Waals surface area contributed by atoms with E-state index in [0.29, 0.717) is 11.8 Å². The lowest BCUT2D eigenvalue weighted by Crippen LogP contribution is -2.42. The summed E-state index contributed by atoms with van der Waals surface area (Å²) in [5.41, 5.74) is 5.35. The summed E-state index contributed by atoms with van der Waals surface area (Å²) in [6, 6.07) is 7.60. The van der Waals surface area contributed by atoms with Crippen LogP contribution in [0.25, 0.3) is 0 Å². The molecule has 114 valence electrons. The SMILES string of the molecule is Cc1cc2c(cc1O)CNC1CCc3cc(O)c(O)cc3C21. The minimum atomic E-state index is -0.0676. The first kappa shape index (κ1) is 13.5. The first-order chi connectivity index (χ1) is 10.5. The summed E-state index contributed by atoms with van der Waals surface area (Å²) in [5, 5.41) is 33.1. The Labute approximate surface area is 129 Å². The van der Waals surface area contributed by atoms with Gasteiger partial charge in [0.1, 0.15) is 5.75 Å². The zero-order chi connectivity index (χ0) is 15.4. The second-order valence-corrected chi connectivity index (χ2v) is 6.38. The Hall–Kier alpha value is -2.20. The van der Waals surface area contributed by atoms with E-state index in [9.17, 15) is 15.3 Å². The molecule has 1 aliphatic carbocycles. The van der Waals surface area contributed by atoms with Crippen molar-refractivity contribution >= 4 is 0 Å². The van der Waals surface area contributed by atoms with Crippen LogP contribution in [0.3, 0.4) is 0 Å². The third-order valence-electron chi connectivity index (χ3n) is 5.05. The number of aryl methyl sites for hydroxylation is 2. The van der Waals surface area contributed by atoms with Gasteiger partial charge in [0.2, 0.25) is 0 Å². The number of rotatable bonds is 0. The van der Waals surface area contributed by atoms with Gasteiger partial charge in [-0.25, -0.2) is 0 Å². The Morgan fingerprint density at radius 2 is 1.59 bits per heavy atom. The molecule has 1 heterocycles. The maximum atomic E-state index is 9.95. The Balaban J connectivity index is 1.92. The van der Waals surface area contributed by atoms with Crippen molar-refractivity contribution in [2.24, 2.45) is 0 Å². The van der Waals surface area contributed by atoms with E-state index in [1.54, 1.807) is 12.1 Å². The Morgan fingerprint density at radius 3 is 2.41 bits per heavy atom. The van der Waals surface area contributed by atoms with Crippen molar-refractivity contribution in [1.82, 2.24) is 5.32 Å². The maximum Gasteiger partial charge on any atom is 0.157 e. The normalized spacial score (nSPS) is 22.6. The summed E-state index contributed by atoms with van der Waals surface area (Å²) in [5.74, 6) is 0.354. The maximum absolute atomic E-state index is 9.95. The average Bonchev–Trinajstić information content (AvgIpc) is 2.49. The molecule has 4 nitrogen and oxygen atoms in total. The first-order valence-corrected chi connectivity index (χ1v) is 7.65. The molecular formula is C18H19NO3. The Bertz CT molecular complexity index is 706. The van der Waals surface area contributed by atoms with Gasteiger partial charge in [-0.05, 0) is 65.8 Å². The molecule has 0 aromatic heterocycles. The number of nitrogens with one attached hydrogen (secondary N) is 1. The lowest BCUT2D eigenvalue weighted by atomic mass is 9.72. The monoisotopic (exact) mass is 297 g/mol. The van der Waals surface area contributed by atoms with Crippen molar-refractivity contribution in [2.75, 3.05) is 0 Å². The molecule has 1 aliphatic heterocycles. The number of hydrogen-bond donors (Lipinski definition) is 4. The molecule has 0 fully saturated rings. The molecule has 2 unspecified atom stereocenters. The van der Waals surface area contributed by atoms with Gasteiger partial charge >= 0.3 is 0 Å². The number of aromatic hydroxyl groups is 3. The lowest BCUT2D eigenvalue weighted by molar-refractivity contribution is 0.378. The molecule has 2 aromatic carbocycles. The number of fused-ring (bicyclic) bond motifs is 5. The summed E-state index contributed by atoms with van der Waals surface area (Å²) in [6.45, 7) is 2.66. The molecule has 2 aromatic rings. The van der Waals surface area contributed by atoms with Crippen LogP contribution in [0.1, 0.15) is 40.2 Å². The van der Waals surface area contributed by atoms with E-state index in [2.05, 4.69) is 11.4 Å². The van der Waals surface area contributed by atoms with E-state index < -0.39 is 0 Å². The molecule has 0 radical (unpaired) electrons. The molecular weight excluding hydrogens is 278 g/mol.